The van der Waals surface area contributed by atoms with E-state index < -0.39 is 6.10 Å². The number of likely N-dealkylation sites (tertiary alicyclic amines) is 1. The molecule has 27 heavy (non-hydrogen) atoms. The van der Waals surface area contributed by atoms with Gasteiger partial charge in [0, 0.05) is 29.1 Å². The number of hydroxylamine groups is 1. The van der Waals surface area contributed by atoms with E-state index in [2.05, 4.69) is 29.5 Å². The molecule has 1 aromatic heterocycles. The monoisotopic (exact) mass is 394 g/mol. The smallest absolute Gasteiger partial charge is 0.341 e. The lowest BCUT2D eigenvalue weighted by Crippen LogP contribution is -2.47. The van der Waals surface area contributed by atoms with Gasteiger partial charge in [-0.05, 0) is 43.2 Å². The number of nitrogens with one attached hydrogen (secondary N) is 2. The minimum absolute atomic E-state index is 0.206. The summed E-state index contributed by atoms with van der Waals surface area (Å²) in [6.45, 7) is 7.66. The van der Waals surface area contributed by atoms with E-state index in [9.17, 15) is 9.90 Å². The van der Waals surface area contributed by atoms with Crippen LogP contribution in [-0.2, 0) is 4.84 Å². The number of H-pyrrole nitrogens is 1. The first-order valence-corrected chi connectivity index (χ1v) is 9.69. The van der Waals surface area contributed by atoms with Gasteiger partial charge in [0.15, 0.2) is 0 Å². The molecule has 0 radical (unpaired) electrons. The normalized spacial score (nSPS) is 17.3. The van der Waals surface area contributed by atoms with Gasteiger partial charge in [0.1, 0.15) is 0 Å². The molecule has 1 aromatic carbocycles. The maximum absolute atomic E-state index is 12.0. The highest BCUT2D eigenvalue weighted by molar-refractivity contribution is 6.31. The molecule has 0 spiro atoms. The van der Waals surface area contributed by atoms with Gasteiger partial charge in [0.2, 0.25) is 0 Å². The van der Waals surface area contributed by atoms with Gasteiger partial charge in [-0.2, -0.15) is 5.10 Å². The van der Waals surface area contributed by atoms with E-state index in [1.165, 1.54) is 0 Å². The van der Waals surface area contributed by atoms with Crippen LogP contribution in [0, 0.1) is 11.3 Å². The number of aromatic amines is 1. The number of fused-ring (bicyclic) bond motifs is 1. The van der Waals surface area contributed by atoms with Gasteiger partial charge in [-0.15, -0.1) is 0 Å². The number of piperidine rings is 1. The molecule has 1 aliphatic rings. The molecule has 1 aliphatic heterocycles. The van der Waals surface area contributed by atoms with Crippen molar-refractivity contribution in [3.63, 3.8) is 0 Å². The minimum Gasteiger partial charge on any atom is -0.388 e. The van der Waals surface area contributed by atoms with Crippen LogP contribution in [0.1, 0.15) is 45.3 Å². The van der Waals surface area contributed by atoms with Crippen molar-refractivity contribution in [3.8, 4) is 0 Å². The zero-order valence-corrected chi connectivity index (χ0v) is 16.7. The molecule has 1 fully saturated rings. The number of aromatic nitrogens is 2. The average Bonchev–Trinajstić information content (AvgIpc) is 3.13. The third kappa shape index (κ3) is 4.05. The molecule has 2 amide bonds. The molecule has 2 aromatic rings. The lowest BCUT2D eigenvalue weighted by atomic mass is 9.68. The van der Waals surface area contributed by atoms with Crippen LogP contribution in [0.4, 0.5) is 4.79 Å². The van der Waals surface area contributed by atoms with Crippen LogP contribution in [0.25, 0.3) is 10.9 Å². The van der Waals surface area contributed by atoms with Crippen molar-refractivity contribution in [2.45, 2.75) is 39.7 Å². The van der Waals surface area contributed by atoms with Gasteiger partial charge in [-0.3, -0.25) is 9.94 Å². The lowest BCUT2D eigenvalue weighted by Gasteiger charge is -2.43. The standard InChI is InChI=1S/C19H27ClN4O3/c1-4-27-23-18(26)24-7-5-13(6-8-24)19(2,3)17(25)15-10-14(20)9-12-11-21-22-16(12)15/h9-11,13,17,25H,4-8H2,1-3H3,(H,21,22)(H,23,26). The second-order valence-electron chi connectivity index (χ2n) is 7.65. The molecule has 8 heteroatoms. The second-order valence-corrected chi connectivity index (χ2v) is 8.09. The van der Waals surface area contributed by atoms with Crippen molar-refractivity contribution < 1.29 is 14.7 Å². The molecular weight excluding hydrogens is 368 g/mol. The summed E-state index contributed by atoms with van der Waals surface area (Å²) in [4.78, 5) is 18.8. The Labute approximate surface area is 164 Å². The van der Waals surface area contributed by atoms with Crippen molar-refractivity contribution in [3.05, 3.63) is 28.9 Å². The van der Waals surface area contributed by atoms with Crippen molar-refractivity contribution in [2.75, 3.05) is 19.7 Å². The van der Waals surface area contributed by atoms with Crippen LogP contribution in [-0.4, -0.2) is 45.9 Å². The fraction of sp³-hybridized carbons (Fsp3) is 0.579. The van der Waals surface area contributed by atoms with Crippen LogP contribution in [0.3, 0.4) is 0 Å². The van der Waals surface area contributed by atoms with Gasteiger partial charge < -0.3 is 10.0 Å². The van der Waals surface area contributed by atoms with Crippen molar-refractivity contribution in [1.82, 2.24) is 20.6 Å². The number of halogens is 1. The Kier molecular flexibility index (Phi) is 5.93. The van der Waals surface area contributed by atoms with Gasteiger partial charge in [-0.1, -0.05) is 25.4 Å². The van der Waals surface area contributed by atoms with Gasteiger partial charge in [-0.25, -0.2) is 10.3 Å². The molecule has 3 rings (SSSR count). The molecule has 1 saturated heterocycles. The fourth-order valence-electron chi connectivity index (χ4n) is 3.91. The quantitative estimate of drug-likeness (QED) is 0.675. The van der Waals surface area contributed by atoms with E-state index in [4.69, 9.17) is 16.4 Å². The van der Waals surface area contributed by atoms with Crippen molar-refractivity contribution >= 4 is 28.5 Å². The number of hydrogen-bond donors (Lipinski definition) is 3. The Bertz CT molecular complexity index is 799. The van der Waals surface area contributed by atoms with E-state index >= 15 is 0 Å². The number of aliphatic hydroxyl groups is 1. The lowest BCUT2D eigenvalue weighted by molar-refractivity contribution is -0.0175. The molecule has 148 valence electrons. The van der Waals surface area contributed by atoms with E-state index in [0.29, 0.717) is 24.7 Å². The number of urea groups is 1. The maximum Gasteiger partial charge on any atom is 0.341 e. The summed E-state index contributed by atoms with van der Waals surface area (Å²) in [7, 11) is 0. The van der Waals surface area contributed by atoms with Crippen LogP contribution in [0.5, 0.6) is 0 Å². The topological polar surface area (TPSA) is 90.5 Å². The zero-order valence-electron chi connectivity index (χ0n) is 16.0. The average molecular weight is 395 g/mol. The van der Waals surface area contributed by atoms with Crippen LogP contribution < -0.4 is 5.48 Å². The summed E-state index contributed by atoms with van der Waals surface area (Å²) >= 11 is 6.24. The van der Waals surface area contributed by atoms with Crippen molar-refractivity contribution in [2.24, 2.45) is 11.3 Å². The van der Waals surface area contributed by atoms with E-state index in [1.54, 1.807) is 17.2 Å². The molecule has 2 heterocycles. The molecule has 3 N–H and O–H groups in total. The third-order valence-corrected chi connectivity index (χ3v) is 5.90. The summed E-state index contributed by atoms with van der Waals surface area (Å²) in [5.74, 6) is 0.264. The van der Waals surface area contributed by atoms with Crippen molar-refractivity contribution in [1.29, 1.82) is 0 Å². The molecule has 0 aliphatic carbocycles. The number of amides is 2. The van der Waals surface area contributed by atoms with Gasteiger partial charge >= 0.3 is 6.03 Å². The number of nitrogens with zero attached hydrogens (tertiary/aromatic N) is 2. The first-order valence-electron chi connectivity index (χ1n) is 9.31. The molecule has 1 atom stereocenters. The Morgan fingerprint density at radius 3 is 2.85 bits per heavy atom. The summed E-state index contributed by atoms with van der Waals surface area (Å²) in [6, 6.07) is 3.43. The number of aliphatic hydroxyl groups excluding tert-OH is 1. The Morgan fingerprint density at radius 2 is 2.19 bits per heavy atom. The number of carbonyl (C=O) groups is 1. The van der Waals surface area contributed by atoms with Crippen LogP contribution in [0.2, 0.25) is 5.02 Å². The largest absolute Gasteiger partial charge is 0.388 e. The van der Waals surface area contributed by atoms with Gasteiger partial charge in [0.05, 0.1) is 24.4 Å². The molecule has 0 bridgehead atoms. The number of carbonyl (C=O) groups excluding carboxylic acids is 1. The predicted molar refractivity (Wildman–Crippen MR) is 104 cm³/mol. The molecule has 0 saturated carbocycles. The number of hydrogen-bond acceptors (Lipinski definition) is 4. The molecule has 7 nitrogen and oxygen atoms in total. The summed E-state index contributed by atoms with van der Waals surface area (Å²) in [5.41, 5.74) is 3.63. The van der Waals surface area contributed by atoms with E-state index in [1.807, 2.05) is 13.0 Å². The van der Waals surface area contributed by atoms with E-state index in [-0.39, 0.29) is 17.4 Å². The van der Waals surface area contributed by atoms with Crippen LogP contribution >= 0.6 is 11.6 Å². The summed E-state index contributed by atoms with van der Waals surface area (Å²) in [6.07, 6.45) is 2.64. The van der Waals surface area contributed by atoms with Gasteiger partial charge in [0.25, 0.3) is 0 Å². The highest BCUT2D eigenvalue weighted by Crippen LogP contribution is 2.46. The maximum atomic E-state index is 12.0. The number of benzene rings is 1. The predicted octanol–water partition coefficient (Wildman–Crippen LogP) is 3.65. The Morgan fingerprint density at radius 1 is 1.48 bits per heavy atom. The number of rotatable bonds is 5. The van der Waals surface area contributed by atoms with Crippen LogP contribution in [0.15, 0.2) is 18.3 Å². The molecular formula is C19H27ClN4O3. The minimum atomic E-state index is -0.701. The molecule has 1 unspecified atom stereocenters. The SMILES string of the molecule is CCONC(=O)N1CCC(C(C)(C)C(O)c2cc(Cl)cc3cn[nH]c23)CC1. The highest BCUT2D eigenvalue weighted by Gasteiger charge is 2.40. The first kappa shape index (κ1) is 19.9. The summed E-state index contributed by atoms with van der Waals surface area (Å²) < 4.78 is 0. The van der Waals surface area contributed by atoms with E-state index in [0.717, 1.165) is 29.3 Å². The Balaban J connectivity index is 1.73. The Hall–Kier alpha value is -1.83. The first-order chi connectivity index (χ1) is 12.8. The third-order valence-electron chi connectivity index (χ3n) is 5.68. The highest BCUT2D eigenvalue weighted by atomic mass is 35.5. The summed E-state index contributed by atoms with van der Waals surface area (Å²) in [5, 5.41) is 19.7. The fourth-order valence-corrected chi connectivity index (χ4v) is 4.15. The zero-order chi connectivity index (χ0) is 19.6. The second kappa shape index (κ2) is 8.04.